The molecule has 1 aliphatic heterocycles. The minimum absolute atomic E-state index is 0.0618. The highest BCUT2D eigenvalue weighted by Gasteiger charge is 2.39. The summed E-state index contributed by atoms with van der Waals surface area (Å²) in [6.45, 7) is 4.02. The lowest BCUT2D eigenvalue weighted by atomic mass is 9.75. The number of benzene rings is 1. The Hall–Kier alpha value is -1.78. The Kier molecular flexibility index (Phi) is 5.73. The minimum Gasteiger partial charge on any atom is -0.463 e. The van der Waals surface area contributed by atoms with Crippen LogP contribution in [0.4, 0.5) is 0 Å². The SMILES string of the molecule is CCOC(=O)C1=C(CC)NC2=C(C(=O)CCC2)[C@@H]1c1ccc(Cl)c(Cl)c1. The number of carbonyl (C=O) groups excluding carboxylic acids is 2. The van der Waals surface area contributed by atoms with Crippen molar-refractivity contribution in [2.24, 2.45) is 0 Å². The molecule has 1 heterocycles. The average Bonchev–Trinajstić information content (AvgIpc) is 2.63. The molecule has 1 atom stereocenters. The number of Topliss-reactive ketones (excluding diaryl/α,β-unsaturated/α-hetero) is 1. The van der Waals surface area contributed by atoms with Gasteiger partial charge in [0.25, 0.3) is 0 Å². The van der Waals surface area contributed by atoms with E-state index in [-0.39, 0.29) is 12.4 Å². The van der Waals surface area contributed by atoms with E-state index >= 15 is 0 Å². The molecule has 3 rings (SSSR count). The number of nitrogens with one attached hydrogen (secondary N) is 1. The molecule has 4 nitrogen and oxygen atoms in total. The van der Waals surface area contributed by atoms with Crippen molar-refractivity contribution in [3.8, 4) is 0 Å². The van der Waals surface area contributed by atoms with Crippen LogP contribution >= 0.6 is 23.2 Å². The molecule has 0 amide bonds. The van der Waals surface area contributed by atoms with Crippen LogP contribution in [0.3, 0.4) is 0 Å². The third-order valence-corrected chi connectivity index (χ3v) is 5.53. The molecular weight excluding hydrogens is 373 g/mol. The van der Waals surface area contributed by atoms with Gasteiger partial charge in [-0.1, -0.05) is 36.2 Å². The number of allylic oxidation sites excluding steroid dienone is 3. The fraction of sp³-hybridized carbons (Fsp3) is 0.400. The zero-order valence-electron chi connectivity index (χ0n) is 14.8. The molecule has 1 aromatic carbocycles. The quantitative estimate of drug-likeness (QED) is 0.737. The largest absolute Gasteiger partial charge is 0.463 e. The Morgan fingerprint density at radius 1 is 1.23 bits per heavy atom. The molecule has 0 unspecified atom stereocenters. The number of rotatable bonds is 4. The predicted octanol–water partition coefficient (Wildman–Crippen LogP) is 4.91. The van der Waals surface area contributed by atoms with Gasteiger partial charge in [-0.15, -0.1) is 0 Å². The van der Waals surface area contributed by atoms with Gasteiger partial charge in [0, 0.05) is 29.3 Å². The summed E-state index contributed by atoms with van der Waals surface area (Å²) >= 11 is 12.3. The predicted molar refractivity (Wildman–Crippen MR) is 102 cm³/mol. The van der Waals surface area contributed by atoms with Gasteiger partial charge in [-0.05, 0) is 43.9 Å². The molecule has 26 heavy (non-hydrogen) atoms. The van der Waals surface area contributed by atoms with Crippen LogP contribution in [0.2, 0.25) is 10.0 Å². The van der Waals surface area contributed by atoms with Crippen LogP contribution in [0.25, 0.3) is 0 Å². The van der Waals surface area contributed by atoms with Gasteiger partial charge in [-0.3, -0.25) is 4.79 Å². The molecule has 0 radical (unpaired) electrons. The molecule has 0 spiro atoms. The van der Waals surface area contributed by atoms with Gasteiger partial charge in [0.2, 0.25) is 0 Å². The van der Waals surface area contributed by atoms with Gasteiger partial charge < -0.3 is 10.1 Å². The highest BCUT2D eigenvalue weighted by atomic mass is 35.5. The van der Waals surface area contributed by atoms with Crippen molar-refractivity contribution < 1.29 is 14.3 Å². The van der Waals surface area contributed by atoms with Gasteiger partial charge in [-0.2, -0.15) is 0 Å². The van der Waals surface area contributed by atoms with Crippen LogP contribution < -0.4 is 5.32 Å². The summed E-state index contributed by atoms with van der Waals surface area (Å²) in [5, 5.41) is 4.16. The van der Waals surface area contributed by atoms with Crippen molar-refractivity contribution in [3.63, 3.8) is 0 Å². The maximum Gasteiger partial charge on any atom is 0.336 e. The van der Waals surface area contributed by atoms with Crippen LogP contribution in [-0.2, 0) is 14.3 Å². The fourth-order valence-corrected chi connectivity index (χ4v) is 3.96. The van der Waals surface area contributed by atoms with E-state index in [1.165, 1.54) is 0 Å². The summed E-state index contributed by atoms with van der Waals surface area (Å²) < 4.78 is 5.30. The maximum absolute atomic E-state index is 12.8. The third kappa shape index (κ3) is 3.40. The number of dihydropyridines is 1. The summed E-state index contributed by atoms with van der Waals surface area (Å²) in [6.07, 6.45) is 2.72. The molecule has 0 saturated carbocycles. The molecule has 0 saturated heterocycles. The van der Waals surface area contributed by atoms with E-state index < -0.39 is 11.9 Å². The molecule has 138 valence electrons. The van der Waals surface area contributed by atoms with Gasteiger partial charge in [0.15, 0.2) is 5.78 Å². The third-order valence-electron chi connectivity index (χ3n) is 4.79. The summed E-state index contributed by atoms with van der Waals surface area (Å²) in [5.74, 6) is -0.826. The summed E-state index contributed by atoms with van der Waals surface area (Å²) in [7, 11) is 0. The standard InChI is InChI=1S/C20H21Cl2NO3/c1-3-14-19(20(25)26-4-2)17(11-8-9-12(21)13(22)10-11)18-15(23-14)6-5-7-16(18)24/h8-10,17,23H,3-7H2,1-2H3/t17-/m0/s1. The number of ether oxygens (including phenoxy) is 1. The average molecular weight is 394 g/mol. The summed E-state index contributed by atoms with van der Waals surface area (Å²) in [4.78, 5) is 25.5. The van der Waals surface area contributed by atoms with Crippen LogP contribution in [0.5, 0.6) is 0 Å². The monoisotopic (exact) mass is 393 g/mol. The lowest BCUT2D eigenvalue weighted by Gasteiger charge is -2.35. The van der Waals surface area contributed by atoms with Crippen LogP contribution in [0.15, 0.2) is 40.7 Å². The molecule has 1 aromatic rings. The van der Waals surface area contributed by atoms with Gasteiger partial charge in [0.1, 0.15) is 0 Å². The molecule has 0 fully saturated rings. The Labute approximate surface area is 163 Å². The molecule has 6 heteroatoms. The molecule has 0 aromatic heterocycles. The second kappa shape index (κ2) is 7.85. The van der Waals surface area contributed by atoms with E-state index in [2.05, 4.69) is 5.32 Å². The highest BCUT2D eigenvalue weighted by Crippen LogP contribution is 2.44. The molecular formula is C20H21Cl2NO3. The summed E-state index contributed by atoms with van der Waals surface area (Å²) in [5.41, 5.74) is 3.62. The number of carbonyl (C=O) groups is 2. The first-order chi connectivity index (χ1) is 12.5. The number of ketones is 1. The topological polar surface area (TPSA) is 55.4 Å². The number of hydrogen-bond acceptors (Lipinski definition) is 4. The summed E-state index contributed by atoms with van der Waals surface area (Å²) in [6, 6.07) is 5.26. The second-order valence-corrected chi connectivity index (χ2v) is 7.18. The van der Waals surface area contributed by atoms with Crippen LogP contribution in [0, 0.1) is 0 Å². The molecule has 1 N–H and O–H groups in total. The molecule has 2 aliphatic rings. The Balaban J connectivity index is 2.21. The number of halogens is 2. The lowest BCUT2D eigenvalue weighted by Crippen LogP contribution is -2.35. The lowest BCUT2D eigenvalue weighted by molar-refractivity contribution is -0.138. The Morgan fingerprint density at radius 3 is 2.65 bits per heavy atom. The van der Waals surface area contributed by atoms with E-state index in [9.17, 15) is 9.59 Å². The van der Waals surface area contributed by atoms with Crippen molar-refractivity contribution in [1.29, 1.82) is 0 Å². The van der Waals surface area contributed by atoms with Crippen molar-refractivity contribution >= 4 is 35.0 Å². The van der Waals surface area contributed by atoms with Crippen LogP contribution in [0.1, 0.15) is 51.0 Å². The fourth-order valence-electron chi connectivity index (χ4n) is 3.65. The van der Waals surface area contributed by atoms with E-state index in [0.29, 0.717) is 34.0 Å². The van der Waals surface area contributed by atoms with Crippen molar-refractivity contribution in [3.05, 3.63) is 56.3 Å². The van der Waals surface area contributed by atoms with Crippen molar-refractivity contribution in [1.82, 2.24) is 5.32 Å². The first-order valence-electron chi connectivity index (χ1n) is 8.86. The number of esters is 1. The number of hydrogen-bond donors (Lipinski definition) is 1. The Morgan fingerprint density at radius 2 is 2.00 bits per heavy atom. The molecule has 0 bridgehead atoms. The second-order valence-electron chi connectivity index (χ2n) is 6.37. The maximum atomic E-state index is 12.8. The van der Waals surface area contributed by atoms with Gasteiger partial charge in [-0.25, -0.2) is 4.79 Å². The zero-order chi connectivity index (χ0) is 18.8. The van der Waals surface area contributed by atoms with E-state index in [1.807, 2.05) is 13.0 Å². The van der Waals surface area contributed by atoms with Crippen molar-refractivity contribution in [2.45, 2.75) is 45.4 Å². The van der Waals surface area contributed by atoms with Crippen LogP contribution in [-0.4, -0.2) is 18.4 Å². The van der Waals surface area contributed by atoms with Crippen molar-refractivity contribution in [2.75, 3.05) is 6.61 Å². The zero-order valence-corrected chi connectivity index (χ0v) is 16.3. The first-order valence-corrected chi connectivity index (χ1v) is 9.61. The minimum atomic E-state index is -0.484. The first kappa shape index (κ1) is 19.0. The van der Waals surface area contributed by atoms with Gasteiger partial charge >= 0.3 is 5.97 Å². The Bertz CT molecular complexity index is 826. The smallest absolute Gasteiger partial charge is 0.336 e. The highest BCUT2D eigenvalue weighted by molar-refractivity contribution is 6.42. The molecule has 1 aliphatic carbocycles. The van der Waals surface area contributed by atoms with E-state index in [1.54, 1.807) is 19.1 Å². The van der Waals surface area contributed by atoms with E-state index in [4.69, 9.17) is 27.9 Å². The van der Waals surface area contributed by atoms with E-state index in [0.717, 1.165) is 29.8 Å². The normalized spacial score (nSPS) is 20.0. The van der Waals surface area contributed by atoms with Gasteiger partial charge in [0.05, 0.1) is 22.2 Å².